The van der Waals surface area contributed by atoms with Crippen LogP contribution in [0.1, 0.15) is 16.1 Å². The lowest BCUT2D eigenvalue weighted by atomic mass is 10.2. The molecule has 2 aromatic rings. The molecule has 1 aliphatic heterocycles. The summed E-state index contributed by atoms with van der Waals surface area (Å²) in [5, 5.41) is 2.47. The van der Waals surface area contributed by atoms with E-state index in [4.69, 9.17) is 27.9 Å². The molecule has 0 bridgehead atoms. The molecule has 1 aromatic carbocycles. The summed E-state index contributed by atoms with van der Waals surface area (Å²) in [4.78, 5) is 20.0. The first-order valence-corrected chi connectivity index (χ1v) is 10.2. The molecule has 0 atom stereocenters. The van der Waals surface area contributed by atoms with Crippen molar-refractivity contribution in [3.05, 3.63) is 46.0 Å². The minimum absolute atomic E-state index is 0.0274. The van der Waals surface area contributed by atoms with Crippen LogP contribution in [0.5, 0.6) is 0 Å². The van der Waals surface area contributed by atoms with Gasteiger partial charge in [0.2, 0.25) is 15.3 Å². The largest absolute Gasteiger partial charge is 0.379 e. The van der Waals surface area contributed by atoms with Crippen LogP contribution in [-0.4, -0.2) is 54.9 Å². The van der Waals surface area contributed by atoms with Gasteiger partial charge in [-0.25, -0.2) is 18.4 Å². The number of sulfonamides is 1. The second-order valence-electron chi connectivity index (χ2n) is 5.80. The van der Waals surface area contributed by atoms with E-state index in [0.29, 0.717) is 24.5 Å². The average Bonchev–Trinajstić information content (AvgIpc) is 2.63. The quantitative estimate of drug-likeness (QED) is 0.589. The van der Waals surface area contributed by atoms with Crippen molar-refractivity contribution in [1.29, 1.82) is 0 Å². The summed E-state index contributed by atoms with van der Waals surface area (Å²) < 4.78 is 32.4. The number of benzene rings is 1. The Morgan fingerprint density at radius 2 is 1.89 bits per heavy atom. The molecule has 0 radical (unpaired) electrons. The molecule has 0 spiro atoms. The number of anilines is 1. The number of nitrogens with one attached hydrogen (secondary N) is 1. The summed E-state index contributed by atoms with van der Waals surface area (Å²) in [7, 11) is -3.69. The molecule has 1 aromatic heterocycles. The minimum atomic E-state index is -3.69. The van der Waals surface area contributed by atoms with E-state index in [1.54, 1.807) is 19.1 Å². The first-order chi connectivity index (χ1) is 12.8. The Bertz CT molecular complexity index is 958. The van der Waals surface area contributed by atoms with Gasteiger partial charge in [-0.3, -0.25) is 4.79 Å². The number of amides is 1. The van der Waals surface area contributed by atoms with Crippen LogP contribution in [-0.2, 0) is 14.8 Å². The average molecular weight is 431 g/mol. The number of morpholine rings is 1. The van der Waals surface area contributed by atoms with Gasteiger partial charge in [-0.05, 0) is 36.2 Å². The first-order valence-electron chi connectivity index (χ1n) is 7.97. The van der Waals surface area contributed by atoms with Gasteiger partial charge in [0.25, 0.3) is 5.91 Å². The zero-order valence-electron chi connectivity index (χ0n) is 14.3. The predicted molar refractivity (Wildman–Crippen MR) is 101 cm³/mol. The van der Waals surface area contributed by atoms with Crippen molar-refractivity contribution in [2.24, 2.45) is 0 Å². The third kappa shape index (κ3) is 4.56. The molecule has 0 aliphatic carbocycles. The van der Waals surface area contributed by atoms with E-state index in [0.717, 1.165) is 0 Å². The van der Waals surface area contributed by atoms with Gasteiger partial charge in [0, 0.05) is 24.8 Å². The van der Waals surface area contributed by atoms with Gasteiger partial charge in [0.05, 0.1) is 18.1 Å². The van der Waals surface area contributed by atoms with E-state index in [9.17, 15) is 13.2 Å². The monoisotopic (exact) mass is 430 g/mol. The Hall–Kier alpha value is -1.78. The number of carbonyl (C=O) groups is 1. The second kappa shape index (κ2) is 8.07. The molecular formula is C16H16Cl2N4O4S. The van der Waals surface area contributed by atoms with Crippen LogP contribution in [0, 0.1) is 6.92 Å². The van der Waals surface area contributed by atoms with Crippen molar-refractivity contribution in [2.75, 3.05) is 31.6 Å². The molecule has 144 valence electrons. The lowest BCUT2D eigenvalue weighted by molar-refractivity contribution is 0.0730. The van der Waals surface area contributed by atoms with Crippen LogP contribution >= 0.6 is 23.2 Å². The molecule has 0 unspecified atom stereocenters. The fraction of sp³-hybridized carbons (Fsp3) is 0.312. The van der Waals surface area contributed by atoms with Crippen LogP contribution in [0.15, 0.2) is 29.2 Å². The highest BCUT2D eigenvalue weighted by atomic mass is 35.5. The number of aromatic nitrogens is 2. The molecular weight excluding hydrogens is 415 g/mol. The molecule has 27 heavy (non-hydrogen) atoms. The summed E-state index contributed by atoms with van der Waals surface area (Å²) in [6.45, 7) is 2.98. The highest BCUT2D eigenvalue weighted by molar-refractivity contribution is 7.89. The maximum atomic E-state index is 12.9. The smallest absolute Gasteiger partial charge is 0.274 e. The van der Waals surface area contributed by atoms with E-state index in [1.165, 1.54) is 16.4 Å². The number of carbonyl (C=O) groups excluding carboxylic acids is 1. The molecule has 1 amide bonds. The number of halogens is 2. The Morgan fingerprint density at radius 1 is 1.19 bits per heavy atom. The number of rotatable bonds is 4. The van der Waals surface area contributed by atoms with Gasteiger partial charge in [-0.2, -0.15) is 4.31 Å². The Kier molecular flexibility index (Phi) is 5.97. The Labute approximate surface area is 166 Å². The fourth-order valence-corrected chi connectivity index (χ4v) is 4.65. The number of hydrogen-bond acceptors (Lipinski definition) is 6. The first kappa shape index (κ1) is 20.0. The van der Waals surface area contributed by atoms with Crippen molar-refractivity contribution >= 4 is 44.8 Å². The van der Waals surface area contributed by atoms with E-state index in [-0.39, 0.29) is 34.1 Å². The van der Waals surface area contributed by atoms with Crippen molar-refractivity contribution in [3.8, 4) is 0 Å². The predicted octanol–water partition coefficient (Wildman–Crippen LogP) is 2.37. The van der Waals surface area contributed by atoms with E-state index < -0.39 is 15.9 Å². The summed E-state index contributed by atoms with van der Waals surface area (Å²) in [6, 6.07) is 5.92. The molecule has 8 nitrogen and oxygen atoms in total. The number of hydrogen-bond donors (Lipinski definition) is 1. The van der Waals surface area contributed by atoms with Gasteiger partial charge in [0.15, 0.2) is 0 Å². The lowest BCUT2D eigenvalue weighted by Gasteiger charge is -2.26. The number of aryl methyl sites for hydroxylation is 1. The molecule has 1 fully saturated rings. The summed E-state index contributed by atoms with van der Waals surface area (Å²) in [5.41, 5.74) is 0.856. The third-order valence-corrected chi connectivity index (χ3v) is 6.34. The van der Waals surface area contributed by atoms with Gasteiger partial charge in [0.1, 0.15) is 10.8 Å². The molecule has 0 saturated carbocycles. The van der Waals surface area contributed by atoms with Crippen molar-refractivity contribution in [3.63, 3.8) is 0 Å². The van der Waals surface area contributed by atoms with E-state index in [1.807, 2.05) is 0 Å². The van der Waals surface area contributed by atoms with Crippen molar-refractivity contribution in [1.82, 2.24) is 14.3 Å². The van der Waals surface area contributed by atoms with Gasteiger partial charge in [-0.1, -0.05) is 17.7 Å². The summed E-state index contributed by atoms with van der Waals surface area (Å²) in [5.74, 6) is -0.584. The number of ether oxygens (including phenoxy) is 1. The van der Waals surface area contributed by atoms with Gasteiger partial charge < -0.3 is 10.1 Å². The summed E-state index contributed by atoms with van der Waals surface area (Å²) >= 11 is 11.5. The fourth-order valence-electron chi connectivity index (χ4n) is 2.58. The van der Waals surface area contributed by atoms with Crippen LogP contribution in [0.2, 0.25) is 10.4 Å². The molecule has 1 N–H and O–H groups in total. The SMILES string of the molecule is Cc1ccc(NC(=O)c2cc(Cl)nc(Cl)n2)cc1S(=O)(=O)N1CCOCC1. The molecule has 11 heteroatoms. The van der Waals surface area contributed by atoms with Crippen LogP contribution in [0.4, 0.5) is 5.69 Å². The van der Waals surface area contributed by atoms with Crippen LogP contribution in [0.25, 0.3) is 0 Å². The zero-order chi connectivity index (χ0) is 19.6. The van der Waals surface area contributed by atoms with Gasteiger partial charge >= 0.3 is 0 Å². The Morgan fingerprint density at radius 3 is 2.56 bits per heavy atom. The zero-order valence-corrected chi connectivity index (χ0v) is 16.6. The maximum absolute atomic E-state index is 12.9. The van der Waals surface area contributed by atoms with Crippen LogP contribution < -0.4 is 5.32 Å². The highest BCUT2D eigenvalue weighted by Crippen LogP contribution is 2.25. The van der Waals surface area contributed by atoms with Crippen molar-refractivity contribution in [2.45, 2.75) is 11.8 Å². The van der Waals surface area contributed by atoms with E-state index >= 15 is 0 Å². The topological polar surface area (TPSA) is 101 Å². The normalized spacial score (nSPS) is 15.5. The van der Waals surface area contributed by atoms with Crippen LogP contribution in [0.3, 0.4) is 0 Å². The molecule has 2 heterocycles. The summed E-state index contributed by atoms with van der Waals surface area (Å²) in [6.07, 6.45) is 0. The number of nitrogens with zero attached hydrogens (tertiary/aromatic N) is 3. The van der Waals surface area contributed by atoms with Gasteiger partial charge in [-0.15, -0.1) is 0 Å². The third-order valence-electron chi connectivity index (χ3n) is 3.93. The van der Waals surface area contributed by atoms with E-state index in [2.05, 4.69) is 15.3 Å². The lowest BCUT2D eigenvalue weighted by Crippen LogP contribution is -2.40. The minimum Gasteiger partial charge on any atom is -0.379 e. The Balaban J connectivity index is 1.87. The second-order valence-corrected chi connectivity index (χ2v) is 8.43. The molecule has 3 rings (SSSR count). The highest BCUT2D eigenvalue weighted by Gasteiger charge is 2.28. The maximum Gasteiger partial charge on any atom is 0.274 e. The molecule has 1 saturated heterocycles. The standard InChI is InChI=1S/C16H16Cl2N4O4S/c1-10-2-3-11(19-15(23)12-9-14(17)21-16(18)20-12)8-13(10)27(24,25)22-4-6-26-7-5-22/h2-3,8-9H,4-7H2,1H3,(H,19,23). The van der Waals surface area contributed by atoms with Crippen molar-refractivity contribution < 1.29 is 17.9 Å². The molecule has 1 aliphatic rings.